The largest absolute Gasteiger partial charge is 0.316 e. The van der Waals surface area contributed by atoms with Crippen molar-refractivity contribution in [2.45, 2.75) is 38.9 Å². The minimum absolute atomic E-state index is 0. The Morgan fingerprint density at radius 1 is 1.08 bits per heavy atom. The Hall–Kier alpha value is -0.620. The number of nitrogens with one attached hydrogen (secondary N) is 1. The van der Waals surface area contributed by atoms with Crippen LogP contribution in [0.2, 0.25) is 0 Å². The number of aryl methyl sites for hydroxylation is 2. The van der Waals surface area contributed by atoms with Crippen molar-refractivity contribution in [3.05, 3.63) is 34.9 Å². The number of piperidine rings is 1. The van der Waals surface area contributed by atoms with Crippen molar-refractivity contribution in [3.63, 3.8) is 0 Å². The molecule has 0 aliphatic carbocycles. The van der Waals surface area contributed by atoms with E-state index in [1.54, 1.807) is 4.31 Å². The number of sulfonamides is 1. The third kappa shape index (κ3) is 4.51. The van der Waals surface area contributed by atoms with Gasteiger partial charge >= 0.3 is 0 Å². The standard InChI is InChI=1S/C18H28N2O2S.ClH/c1-14-3-4-16(11-15(14)2)13-23(21,22)20-9-6-17(7-10-20)18-5-8-19-12-18;/h3-4,11,17-19H,5-10,12-13H2,1-2H3;1H. The van der Waals surface area contributed by atoms with E-state index in [1.165, 1.54) is 12.0 Å². The first-order valence-electron chi connectivity index (χ1n) is 8.70. The highest BCUT2D eigenvalue weighted by Crippen LogP contribution is 2.30. The third-order valence-electron chi connectivity index (χ3n) is 5.58. The molecule has 6 heteroatoms. The van der Waals surface area contributed by atoms with Crippen LogP contribution >= 0.6 is 12.4 Å². The molecule has 24 heavy (non-hydrogen) atoms. The molecule has 2 fully saturated rings. The van der Waals surface area contributed by atoms with Crippen molar-refractivity contribution in [3.8, 4) is 0 Å². The summed E-state index contributed by atoms with van der Waals surface area (Å²) in [5.41, 5.74) is 3.26. The van der Waals surface area contributed by atoms with Gasteiger partial charge in [0.1, 0.15) is 0 Å². The predicted molar refractivity (Wildman–Crippen MR) is 101 cm³/mol. The summed E-state index contributed by atoms with van der Waals surface area (Å²) in [4.78, 5) is 0. The monoisotopic (exact) mass is 372 g/mol. The van der Waals surface area contributed by atoms with Gasteiger partial charge in [-0.25, -0.2) is 12.7 Å². The highest BCUT2D eigenvalue weighted by Gasteiger charge is 2.32. The molecule has 2 aliphatic rings. The molecule has 0 amide bonds. The Balaban J connectivity index is 0.00000208. The second-order valence-corrected chi connectivity index (χ2v) is 9.13. The number of hydrogen-bond acceptors (Lipinski definition) is 3. The van der Waals surface area contributed by atoms with Crippen molar-refractivity contribution < 1.29 is 8.42 Å². The van der Waals surface area contributed by atoms with Gasteiger partial charge in [-0.3, -0.25) is 0 Å². The van der Waals surface area contributed by atoms with Crippen LogP contribution in [-0.4, -0.2) is 38.9 Å². The summed E-state index contributed by atoms with van der Waals surface area (Å²) in [5.74, 6) is 1.57. The van der Waals surface area contributed by atoms with Crippen molar-refractivity contribution >= 4 is 22.4 Å². The van der Waals surface area contributed by atoms with Crippen LogP contribution in [0.25, 0.3) is 0 Å². The van der Waals surface area contributed by atoms with Gasteiger partial charge in [0.15, 0.2) is 0 Å². The van der Waals surface area contributed by atoms with Crippen LogP contribution in [-0.2, 0) is 15.8 Å². The van der Waals surface area contributed by atoms with Gasteiger partial charge in [0.05, 0.1) is 5.75 Å². The van der Waals surface area contributed by atoms with Crippen LogP contribution in [0.1, 0.15) is 36.0 Å². The van der Waals surface area contributed by atoms with Gasteiger partial charge in [0, 0.05) is 13.1 Å². The normalized spacial score (nSPS) is 23.2. The Morgan fingerprint density at radius 3 is 2.38 bits per heavy atom. The lowest BCUT2D eigenvalue weighted by atomic mass is 9.84. The summed E-state index contributed by atoms with van der Waals surface area (Å²) in [6.45, 7) is 7.70. The number of halogens is 1. The first-order chi connectivity index (χ1) is 11.0. The van der Waals surface area contributed by atoms with Gasteiger partial charge in [0.2, 0.25) is 10.0 Å². The lowest BCUT2D eigenvalue weighted by molar-refractivity contribution is 0.216. The van der Waals surface area contributed by atoms with Gasteiger partial charge in [-0.2, -0.15) is 0 Å². The molecule has 136 valence electrons. The number of nitrogens with zero attached hydrogens (tertiary/aromatic N) is 1. The average molecular weight is 373 g/mol. The maximum absolute atomic E-state index is 12.7. The molecule has 1 aromatic rings. The van der Waals surface area contributed by atoms with Gasteiger partial charge in [0.25, 0.3) is 0 Å². The summed E-state index contributed by atoms with van der Waals surface area (Å²) in [6, 6.07) is 5.96. The second kappa shape index (κ2) is 8.17. The first-order valence-corrected chi connectivity index (χ1v) is 10.3. The zero-order chi connectivity index (χ0) is 16.4. The second-order valence-electron chi connectivity index (χ2n) is 7.16. The van der Waals surface area contributed by atoms with E-state index in [0.717, 1.165) is 43.0 Å². The molecular weight excluding hydrogens is 344 g/mol. The molecule has 1 atom stereocenters. The van der Waals surface area contributed by atoms with E-state index in [0.29, 0.717) is 19.0 Å². The summed E-state index contributed by atoms with van der Waals surface area (Å²) in [5, 5.41) is 3.42. The van der Waals surface area contributed by atoms with E-state index in [9.17, 15) is 8.42 Å². The zero-order valence-electron chi connectivity index (χ0n) is 14.6. The molecule has 0 radical (unpaired) electrons. The number of hydrogen-bond donors (Lipinski definition) is 1. The molecule has 0 spiro atoms. The summed E-state index contributed by atoms with van der Waals surface area (Å²) in [6.07, 6.45) is 3.27. The van der Waals surface area contributed by atoms with Crippen LogP contribution < -0.4 is 5.32 Å². The summed E-state index contributed by atoms with van der Waals surface area (Å²) >= 11 is 0. The van der Waals surface area contributed by atoms with Gasteiger partial charge in [-0.15, -0.1) is 12.4 Å². The van der Waals surface area contributed by atoms with E-state index in [2.05, 4.69) is 12.2 Å². The molecule has 3 rings (SSSR count). The molecule has 0 aromatic heterocycles. The van der Waals surface area contributed by atoms with Gasteiger partial charge in [-0.05, 0) is 74.7 Å². The average Bonchev–Trinajstić information content (AvgIpc) is 3.05. The van der Waals surface area contributed by atoms with Crippen molar-refractivity contribution in [1.29, 1.82) is 0 Å². The van der Waals surface area contributed by atoms with Gasteiger partial charge < -0.3 is 5.32 Å². The topological polar surface area (TPSA) is 49.4 Å². The molecule has 4 nitrogen and oxygen atoms in total. The predicted octanol–water partition coefficient (Wildman–Crippen LogP) is 2.88. The number of rotatable bonds is 4. The summed E-state index contributed by atoms with van der Waals surface area (Å²) in [7, 11) is -3.20. The highest BCUT2D eigenvalue weighted by atomic mass is 35.5. The Bertz CT molecular complexity index is 649. The Kier molecular flexibility index (Phi) is 6.71. The van der Waals surface area contributed by atoms with Crippen LogP contribution in [0.5, 0.6) is 0 Å². The minimum Gasteiger partial charge on any atom is -0.316 e. The van der Waals surface area contributed by atoms with Crippen LogP contribution in [0.15, 0.2) is 18.2 Å². The molecular formula is C18H29ClN2O2S. The molecule has 1 N–H and O–H groups in total. The lowest BCUT2D eigenvalue weighted by Crippen LogP contribution is -2.40. The van der Waals surface area contributed by atoms with Crippen LogP contribution in [0, 0.1) is 25.7 Å². The van der Waals surface area contributed by atoms with E-state index in [1.807, 2.05) is 25.1 Å². The zero-order valence-corrected chi connectivity index (χ0v) is 16.3. The molecule has 0 saturated carbocycles. The maximum Gasteiger partial charge on any atom is 0.218 e. The van der Waals surface area contributed by atoms with E-state index in [-0.39, 0.29) is 18.2 Å². The highest BCUT2D eigenvalue weighted by molar-refractivity contribution is 7.88. The molecule has 2 saturated heterocycles. The molecule has 2 aliphatic heterocycles. The molecule has 1 unspecified atom stereocenters. The molecule has 1 aromatic carbocycles. The van der Waals surface area contributed by atoms with Gasteiger partial charge in [-0.1, -0.05) is 18.2 Å². The fourth-order valence-corrected chi connectivity index (χ4v) is 5.45. The third-order valence-corrected chi connectivity index (χ3v) is 7.43. The lowest BCUT2D eigenvalue weighted by Gasteiger charge is -2.34. The van der Waals surface area contributed by atoms with Crippen LogP contribution in [0.3, 0.4) is 0 Å². The summed E-state index contributed by atoms with van der Waals surface area (Å²) < 4.78 is 27.1. The fraction of sp³-hybridized carbons (Fsp3) is 0.667. The maximum atomic E-state index is 12.7. The minimum atomic E-state index is -3.20. The SMILES string of the molecule is Cc1ccc(CS(=O)(=O)N2CCC(C3CCNC3)CC2)cc1C.Cl. The molecule has 0 bridgehead atoms. The van der Waals surface area contributed by atoms with E-state index >= 15 is 0 Å². The van der Waals surface area contributed by atoms with Crippen molar-refractivity contribution in [2.75, 3.05) is 26.2 Å². The quantitative estimate of drug-likeness (QED) is 0.884. The molecule has 2 heterocycles. The number of benzene rings is 1. The first kappa shape index (κ1) is 19.7. The van der Waals surface area contributed by atoms with E-state index < -0.39 is 10.0 Å². The smallest absolute Gasteiger partial charge is 0.218 e. The Morgan fingerprint density at radius 2 is 1.79 bits per heavy atom. The van der Waals surface area contributed by atoms with E-state index in [4.69, 9.17) is 0 Å². The Labute approximate surface area is 152 Å². The van der Waals surface area contributed by atoms with Crippen molar-refractivity contribution in [2.24, 2.45) is 11.8 Å². The van der Waals surface area contributed by atoms with Crippen LogP contribution in [0.4, 0.5) is 0 Å². The fourth-order valence-electron chi connectivity index (χ4n) is 3.90. The van der Waals surface area contributed by atoms with Crippen molar-refractivity contribution in [1.82, 2.24) is 9.62 Å².